The number of aliphatic hydroxyl groups is 1. The van der Waals surface area contributed by atoms with Gasteiger partial charge < -0.3 is 5.11 Å². The van der Waals surface area contributed by atoms with Crippen LogP contribution in [-0.2, 0) is 9.59 Å². The van der Waals surface area contributed by atoms with Gasteiger partial charge >= 0.3 is 0 Å². The zero-order valence-corrected chi connectivity index (χ0v) is 17.6. The first-order chi connectivity index (χ1) is 14.4. The summed E-state index contributed by atoms with van der Waals surface area (Å²) < 4.78 is 14.4. The minimum Gasteiger partial charge on any atom is -0.507 e. The molecule has 1 N–H and O–H groups in total. The van der Waals surface area contributed by atoms with Crippen LogP contribution in [0.25, 0.3) is 5.76 Å². The van der Waals surface area contributed by atoms with Crippen LogP contribution in [0.5, 0.6) is 0 Å². The van der Waals surface area contributed by atoms with E-state index in [2.05, 4.69) is 15.9 Å². The number of carbonyl (C=O) groups is 2. The molecule has 150 valence electrons. The van der Waals surface area contributed by atoms with Gasteiger partial charge in [0.25, 0.3) is 11.7 Å². The summed E-state index contributed by atoms with van der Waals surface area (Å²) in [7, 11) is 0. The molecule has 3 aromatic carbocycles. The highest BCUT2D eigenvalue weighted by Crippen LogP contribution is 2.43. The second kappa shape index (κ2) is 7.88. The van der Waals surface area contributed by atoms with Crippen molar-refractivity contribution < 1.29 is 19.1 Å². The molecular formula is C24H17BrFNO3. The van der Waals surface area contributed by atoms with E-state index in [1.165, 1.54) is 29.2 Å². The number of amides is 1. The van der Waals surface area contributed by atoms with E-state index < -0.39 is 23.5 Å². The highest BCUT2D eigenvalue weighted by atomic mass is 79.9. The summed E-state index contributed by atoms with van der Waals surface area (Å²) in [5, 5.41) is 11.0. The maximum absolute atomic E-state index is 13.6. The molecule has 30 heavy (non-hydrogen) atoms. The molecule has 6 heteroatoms. The van der Waals surface area contributed by atoms with E-state index in [1.54, 1.807) is 36.4 Å². The van der Waals surface area contributed by atoms with Gasteiger partial charge in [-0.1, -0.05) is 58.4 Å². The number of halogens is 2. The Labute approximate surface area is 181 Å². The molecule has 0 aliphatic carbocycles. The summed E-state index contributed by atoms with van der Waals surface area (Å²) in [5.74, 6) is -2.23. The lowest BCUT2D eigenvalue weighted by Crippen LogP contribution is -2.30. The van der Waals surface area contributed by atoms with E-state index >= 15 is 0 Å². The fourth-order valence-corrected chi connectivity index (χ4v) is 3.90. The summed E-state index contributed by atoms with van der Waals surface area (Å²) in [6, 6.07) is 18.7. The van der Waals surface area contributed by atoms with E-state index in [0.29, 0.717) is 16.8 Å². The Morgan fingerprint density at radius 1 is 0.967 bits per heavy atom. The summed E-state index contributed by atoms with van der Waals surface area (Å²) >= 11 is 3.34. The largest absolute Gasteiger partial charge is 0.507 e. The molecule has 1 unspecified atom stereocenters. The Hall–Kier alpha value is -3.25. The number of benzene rings is 3. The highest BCUT2D eigenvalue weighted by Gasteiger charge is 2.47. The highest BCUT2D eigenvalue weighted by molar-refractivity contribution is 9.10. The van der Waals surface area contributed by atoms with E-state index in [0.717, 1.165) is 10.0 Å². The Morgan fingerprint density at radius 2 is 1.60 bits per heavy atom. The predicted molar refractivity (Wildman–Crippen MR) is 117 cm³/mol. The van der Waals surface area contributed by atoms with Gasteiger partial charge in [-0.05, 0) is 48.4 Å². The molecule has 3 aromatic rings. The Bertz CT molecular complexity index is 1170. The van der Waals surface area contributed by atoms with Crippen molar-refractivity contribution in [1.29, 1.82) is 0 Å². The number of nitrogens with zero attached hydrogens (tertiary/aromatic N) is 1. The molecule has 4 rings (SSSR count). The summed E-state index contributed by atoms with van der Waals surface area (Å²) in [6.45, 7) is 1.84. The van der Waals surface area contributed by atoms with Gasteiger partial charge in [-0.15, -0.1) is 0 Å². The van der Waals surface area contributed by atoms with Gasteiger partial charge in [0.2, 0.25) is 0 Å². The van der Waals surface area contributed by atoms with Gasteiger partial charge in [-0.3, -0.25) is 14.5 Å². The van der Waals surface area contributed by atoms with Crippen molar-refractivity contribution >= 4 is 39.1 Å². The fraction of sp³-hybridized carbons (Fsp3) is 0.0833. The number of hydrogen-bond acceptors (Lipinski definition) is 3. The predicted octanol–water partition coefficient (Wildman–Crippen LogP) is 5.52. The van der Waals surface area contributed by atoms with Crippen molar-refractivity contribution in [2.45, 2.75) is 13.0 Å². The average molecular weight is 466 g/mol. The normalized spacial score (nSPS) is 18.1. The van der Waals surface area contributed by atoms with Gasteiger partial charge in [0, 0.05) is 15.7 Å². The second-order valence-corrected chi connectivity index (χ2v) is 7.93. The molecule has 0 aromatic heterocycles. The van der Waals surface area contributed by atoms with Crippen LogP contribution in [0.2, 0.25) is 0 Å². The van der Waals surface area contributed by atoms with Gasteiger partial charge in [0.1, 0.15) is 11.6 Å². The number of rotatable bonds is 3. The van der Waals surface area contributed by atoms with Crippen molar-refractivity contribution in [1.82, 2.24) is 0 Å². The van der Waals surface area contributed by atoms with Crippen molar-refractivity contribution in [3.05, 3.63) is 105 Å². The Balaban J connectivity index is 1.96. The van der Waals surface area contributed by atoms with Crippen LogP contribution in [0.1, 0.15) is 22.7 Å². The van der Waals surface area contributed by atoms with Crippen molar-refractivity contribution in [3.63, 3.8) is 0 Å². The zero-order valence-electron chi connectivity index (χ0n) is 16.0. The van der Waals surface area contributed by atoms with E-state index in [1.807, 2.05) is 19.1 Å². The van der Waals surface area contributed by atoms with E-state index in [-0.39, 0.29) is 11.3 Å². The van der Waals surface area contributed by atoms with Gasteiger partial charge in [0.15, 0.2) is 0 Å². The molecule has 1 heterocycles. The van der Waals surface area contributed by atoms with Crippen molar-refractivity contribution in [2.75, 3.05) is 4.90 Å². The first kappa shape index (κ1) is 20.0. The Kier molecular flexibility index (Phi) is 5.26. The number of aliphatic hydroxyl groups excluding tert-OH is 1. The Morgan fingerprint density at radius 3 is 2.23 bits per heavy atom. The van der Waals surface area contributed by atoms with Crippen LogP contribution < -0.4 is 4.90 Å². The SMILES string of the molecule is Cc1ccccc1N1C(=O)C(=O)/C(=C(/O)c2ccc(Br)cc2)C1c1ccc(F)cc1. The number of Topliss-reactive ketones (excluding diaryl/α,β-unsaturated/α-hetero) is 1. The summed E-state index contributed by atoms with van der Waals surface area (Å²) in [5.41, 5.74) is 2.27. The zero-order chi connectivity index (χ0) is 21.4. The van der Waals surface area contributed by atoms with Crippen molar-refractivity contribution in [2.24, 2.45) is 0 Å². The molecule has 0 bridgehead atoms. The van der Waals surface area contributed by atoms with Crippen LogP contribution in [0.4, 0.5) is 10.1 Å². The lowest BCUT2D eigenvalue weighted by atomic mass is 9.95. The van der Waals surface area contributed by atoms with Crippen LogP contribution >= 0.6 is 15.9 Å². The maximum Gasteiger partial charge on any atom is 0.300 e. The van der Waals surface area contributed by atoms with Crippen molar-refractivity contribution in [3.8, 4) is 0 Å². The van der Waals surface area contributed by atoms with Gasteiger partial charge in [-0.25, -0.2) is 4.39 Å². The number of ketones is 1. The smallest absolute Gasteiger partial charge is 0.300 e. The third-order valence-electron chi connectivity index (χ3n) is 5.12. The third-order valence-corrected chi connectivity index (χ3v) is 5.65. The van der Waals surface area contributed by atoms with Crippen LogP contribution in [0.3, 0.4) is 0 Å². The van der Waals surface area contributed by atoms with Crippen LogP contribution in [0.15, 0.2) is 82.8 Å². The van der Waals surface area contributed by atoms with Gasteiger partial charge in [-0.2, -0.15) is 0 Å². The first-order valence-electron chi connectivity index (χ1n) is 9.26. The van der Waals surface area contributed by atoms with E-state index in [4.69, 9.17) is 0 Å². The molecule has 1 aliphatic heterocycles. The van der Waals surface area contributed by atoms with Crippen LogP contribution in [0, 0.1) is 12.7 Å². The molecule has 0 saturated carbocycles. The number of aryl methyl sites for hydroxylation is 1. The number of carbonyl (C=O) groups excluding carboxylic acids is 2. The molecule has 1 fully saturated rings. The van der Waals surface area contributed by atoms with Crippen LogP contribution in [-0.4, -0.2) is 16.8 Å². The molecule has 1 aliphatic rings. The molecule has 0 spiro atoms. The van der Waals surface area contributed by atoms with Gasteiger partial charge in [0.05, 0.1) is 11.6 Å². The maximum atomic E-state index is 13.6. The number of para-hydroxylation sites is 1. The summed E-state index contributed by atoms with van der Waals surface area (Å²) in [6.07, 6.45) is 0. The van der Waals surface area contributed by atoms with E-state index in [9.17, 15) is 19.1 Å². The number of anilines is 1. The third kappa shape index (κ3) is 3.44. The molecule has 1 amide bonds. The average Bonchev–Trinajstić information content (AvgIpc) is 3.00. The minimum atomic E-state index is -0.879. The molecule has 0 radical (unpaired) electrons. The quantitative estimate of drug-likeness (QED) is 0.314. The second-order valence-electron chi connectivity index (χ2n) is 7.01. The lowest BCUT2D eigenvalue weighted by Gasteiger charge is -2.26. The molecule has 1 atom stereocenters. The first-order valence-corrected chi connectivity index (χ1v) is 10.1. The minimum absolute atomic E-state index is 0.0304. The standard InChI is InChI=1S/C24H17BrFNO3/c1-14-4-2-3-5-19(14)27-21(15-8-12-18(26)13-9-15)20(23(29)24(27)30)22(28)16-6-10-17(25)11-7-16/h2-13,21,28H,1H3/b22-20+. The molecule has 4 nitrogen and oxygen atoms in total. The topological polar surface area (TPSA) is 57.6 Å². The fourth-order valence-electron chi connectivity index (χ4n) is 3.64. The lowest BCUT2D eigenvalue weighted by molar-refractivity contribution is -0.132. The molecular weight excluding hydrogens is 449 g/mol. The molecule has 1 saturated heterocycles. The summed E-state index contributed by atoms with van der Waals surface area (Å²) in [4.78, 5) is 27.5. The monoisotopic (exact) mass is 465 g/mol. The number of hydrogen-bond donors (Lipinski definition) is 1.